The van der Waals surface area contributed by atoms with E-state index in [4.69, 9.17) is 4.74 Å². The summed E-state index contributed by atoms with van der Waals surface area (Å²) in [6.45, 7) is 5.50. The minimum Gasteiger partial charge on any atom is -0.381 e. The second kappa shape index (κ2) is 5.89. The van der Waals surface area contributed by atoms with Gasteiger partial charge in [-0.3, -0.25) is 4.90 Å². The van der Waals surface area contributed by atoms with Crippen LogP contribution in [-0.2, 0) is 4.74 Å². The molecule has 0 amide bonds. The topological polar surface area (TPSA) is 41.5 Å². The van der Waals surface area contributed by atoms with E-state index in [0.717, 1.165) is 31.6 Å². The number of ether oxygens (including phenoxy) is 1. The molecule has 3 saturated heterocycles. The number of anilines is 1. The first-order valence-corrected chi connectivity index (χ1v) is 8.27. The monoisotopic (exact) mass is 288 g/mol. The van der Waals surface area contributed by atoms with Gasteiger partial charge in [0.2, 0.25) is 5.95 Å². The van der Waals surface area contributed by atoms with Crippen molar-refractivity contribution in [3.8, 4) is 0 Å². The Morgan fingerprint density at radius 3 is 2.57 bits per heavy atom. The summed E-state index contributed by atoms with van der Waals surface area (Å²) in [5.41, 5.74) is 0. The Bertz CT molecular complexity index is 463. The zero-order valence-electron chi connectivity index (χ0n) is 12.5. The summed E-state index contributed by atoms with van der Waals surface area (Å²) in [6, 6.07) is 3.22. The van der Waals surface area contributed by atoms with Gasteiger partial charge in [0.25, 0.3) is 0 Å². The van der Waals surface area contributed by atoms with Crippen LogP contribution in [0.3, 0.4) is 0 Å². The summed E-state index contributed by atoms with van der Waals surface area (Å²) in [5.74, 6) is 1.75. The van der Waals surface area contributed by atoms with Gasteiger partial charge in [0.1, 0.15) is 0 Å². The highest BCUT2D eigenvalue weighted by atomic mass is 16.5. The smallest absolute Gasteiger partial charge is 0.225 e. The molecular weight excluding hydrogens is 264 g/mol. The van der Waals surface area contributed by atoms with E-state index < -0.39 is 0 Å². The summed E-state index contributed by atoms with van der Waals surface area (Å²) in [4.78, 5) is 14.0. The molecule has 0 radical (unpaired) electrons. The number of hydrogen-bond acceptors (Lipinski definition) is 5. The molecule has 0 aliphatic carbocycles. The van der Waals surface area contributed by atoms with Crippen molar-refractivity contribution >= 4 is 5.95 Å². The van der Waals surface area contributed by atoms with Crippen molar-refractivity contribution in [3.05, 3.63) is 18.5 Å². The quantitative estimate of drug-likeness (QED) is 0.844. The molecule has 3 fully saturated rings. The minimum atomic E-state index is 0.618. The standard InChI is InChI=1S/C16H24N4O/c1-6-17-16(18-7-1)20-9-3-14-15(20)2-8-19(14)12-13-4-10-21-11-5-13/h1,6-7,13-15H,2-5,8-12H2/t14-,15+/m1/s1. The maximum absolute atomic E-state index is 5.48. The van der Waals surface area contributed by atoms with Crippen LogP contribution in [0, 0.1) is 5.92 Å². The fourth-order valence-electron chi connectivity index (χ4n) is 4.25. The summed E-state index contributed by atoms with van der Waals surface area (Å²) in [6.07, 6.45) is 8.69. The number of rotatable bonds is 3. The first-order valence-electron chi connectivity index (χ1n) is 8.27. The average molecular weight is 288 g/mol. The van der Waals surface area contributed by atoms with E-state index in [0.29, 0.717) is 12.1 Å². The maximum atomic E-state index is 5.48. The Kier molecular flexibility index (Phi) is 3.78. The molecule has 4 rings (SSSR count). The van der Waals surface area contributed by atoms with Crippen molar-refractivity contribution in [3.63, 3.8) is 0 Å². The van der Waals surface area contributed by atoms with Crippen LogP contribution < -0.4 is 4.90 Å². The highest BCUT2D eigenvalue weighted by molar-refractivity contribution is 5.35. The van der Waals surface area contributed by atoms with Crippen molar-refractivity contribution < 1.29 is 4.74 Å². The van der Waals surface area contributed by atoms with Gasteiger partial charge in [0.05, 0.1) is 0 Å². The van der Waals surface area contributed by atoms with Gasteiger partial charge >= 0.3 is 0 Å². The molecule has 3 aliphatic heterocycles. The van der Waals surface area contributed by atoms with E-state index in [2.05, 4.69) is 19.8 Å². The van der Waals surface area contributed by atoms with Crippen LogP contribution in [0.4, 0.5) is 5.95 Å². The van der Waals surface area contributed by atoms with Crippen molar-refractivity contribution in [2.75, 3.05) is 37.7 Å². The van der Waals surface area contributed by atoms with Gasteiger partial charge in [-0.05, 0) is 37.7 Å². The van der Waals surface area contributed by atoms with E-state index >= 15 is 0 Å². The first-order chi connectivity index (χ1) is 10.4. The van der Waals surface area contributed by atoms with Gasteiger partial charge in [-0.15, -0.1) is 0 Å². The van der Waals surface area contributed by atoms with Gasteiger partial charge in [0.15, 0.2) is 0 Å². The average Bonchev–Trinajstić information content (AvgIpc) is 3.12. The molecule has 1 aromatic rings. The Hall–Kier alpha value is -1.20. The number of likely N-dealkylation sites (tertiary alicyclic amines) is 1. The molecule has 0 saturated carbocycles. The van der Waals surface area contributed by atoms with Crippen molar-refractivity contribution in [1.29, 1.82) is 0 Å². The third kappa shape index (κ3) is 2.64. The molecule has 1 aromatic heterocycles. The van der Waals surface area contributed by atoms with E-state index in [1.54, 1.807) is 0 Å². The van der Waals surface area contributed by atoms with Crippen LogP contribution in [0.25, 0.3) is 0 Å². The summed E-state index contributed by atoms with van der Waals surface area (Å²) in [5, 5.41) is 0. The molecule has 0 unspecified atom stereocenters. The highest BCUT2D eigenvalue weighted by Crippen LogP contribution is 2.34. The van der Waals surface area contributed by atoms with Crippen LogP contribution in [-0.4, -0.2) is 59.8 Å². The van der Waals surface area contributed by atoms with Crippen LogP contribution in [0.2, 0.25) is 0 Å². The summed E-state index contributed by atoms with van der Waals surface area (Å²) < 4.78 is 5.48. The fourth-order valence-corrected chi connectivity index (χ4v) is 4.25. The number of aromatic nitrogens is 2. The van der Waals surface area contributed by atoms with Crippen LogP contribution in [0.1, 0.15) is 25.7 Å². The van der Waals surface area contributed by atoms with Gasteiger partial charge < -0.3 is 9.64 Å². The lowest BCUT2D eigenvalue weighted by atomic mass is 9.99. The second-order valence-electron chi connectivity index (χ2n) is 6.50. The van der Waals surface area contributed by atoms with Crippen LogP contribution in [0.15, 0.2) is 18.5 Å². The molecule has 4 heterocycles. The van der Waals surface area contributed by atoms with Crippen molar-refractivity contribution in [1.82, 2.24) is 14.9 Å². The number of nitrogens with zero attached hydrogens (tertiary/aromatic N) is 4. The largest absolute Gasteiger partial charge is 0.381 e. The van der Waals surface area contributed by atoms with E-state index in [1.807, 2.05) is 18.5 Å². The SMILES string of the molecule is c1cnc(N2CC[C@@H]3[C@@H]2CCN3CC2CCOCC2)nc1. The van der Waals surface area contributed by atoms with Crippen molar-refractivity contribution in [2.45, 2.75) is 37.8 Å². The van der Waals surface area contributed by atoms with Gasteiger partial charge in [0, 0.05) is 57.3 Å². The molecule has 2 atom stereocenters. The van der Waals surface area contributed by atoms with Gasteiger partial charge in [-0.25, -0.2) is 9.97 Å². The molecule has 0 bridgehead atoms. The fraction of sp³-hybridized carbons (Fsp3) is 0.750. The zero-order valence-corrected chi connectivity index (χ0v) is 12.5. The van der Waals surface area contributed by atoms with Gasteiger partial charge in [-0.2, -0.15) is 0 Å². The number of fused-ring (bicyclic) bond motifs is 1. The third-order valence-electron chi connectivity index (χ3n) is 5.33. The molecule has 5 heteroatoms. The Labute approximate surface area is 126 Å². The molecular formula is C16H24N4O. The van der Waals surface area contributed by atoms with Crippen molar-refractivity contribution in [2.24, 2.45) is 5.92 Å². The molecule has 0 N–H and O–H groups in total. The predicted octanol–water partition coefficient (Wildman–Crippen LogP) is 1.56. The zero-order chi connectivity index (χ0) is 14.1. The van der Waals surface area contributed by atoms with Crippen LogP contribution >= 0.6 is 0 Å². The molecule has 5 nitrogen and oxygen atoms in total. The first kappa shape index (κ1) is 13.5. The lowest BCUT2D eigenvalue weighted by molar-refractivity contribution is 0.0508. The molecule has 3 aliphatic rings. The Morgan fingerprint density at radius 1 is 1.00 bits per heavy atom. The third-order valence-corrected chi connectivity index (χ3v) is 5.33. The van der Waals surface area contributed by atoms with Gasteiger partial charge in [-0.1, -0.05) is 0 Å². The number of hydrogen-bond donors (Lipinski definition) is 0. The molecule has 0 aromatic carbocycles. The minimum absolute atomic E-state index is 0.618. The molecule has 114 valence electrons. The van der Waals surface area contributed by atoms with E-state index in [1.165, 1.54) is 38.8 Å². The Balaban J connectivity index is 1.41. The second-order valence-corrected chi connectivity index (χ2v) is 6.50. The lowest BCUT2D eigenvalue weighted by Crippen LogP contribution is -2.40. The maximum Gasteiger partial charge on any atom is 0.225 e. The summed E-state index contributed by atoms with van der Waals surface area (Å²) in [7, 11) is 0. The predicted molar refractivity (Wildman–Crippen MR) is 81.3 cm³/mol. The lowest BCUT2D eigenvalue weighted by Gasteiger charge is -2.30. The molecule has 0 spiro atoms. The van der Waals surface area contributed by atoms with E-state index in [-0.39, 0.29) is 0 Å². The van der Waals surface area contributed by atoms with E-state index in [9.17, 15) is 0 Å². The highest BCUT2D eigenvalue weighted by Gasteiger charge is 2.43. The summed E-state index contributed by atoms with van der Waals surface area (Å²) >= 11 is 0. The van der Waals surface area contributed by atoms with Crippen LogP contribution in [0.5, 0.6) is 0 Å². The Morgan fingerprint density at radius 2 is 1.76 bits per heavy atom. The normalized spacial score (nSPS) is 30.8. The molecule has 21 heavy (non-hydrogen) atoms.